The van der Waals surface area contributed by atoms with Crippen molar-refractivity contribution in [2.24, 2.45) is 4.99 Å². The molecule has 2 aliphatic rings. The summed E-state index contributed by atoms with van der Waals surface area (Å²) >= 11 is 0. The fraction of sp³-hybridized carbons (Fsp3) is 0.250. The predicted molar refractivity (Wildman–Crippen MR) is 150 cm³/mol. The number of allylic oxidation sites excluding steroid dienone is 2. The van der Waals surface area contributed by atoms with Gasteiger partial charge in [-0.2, -0.15) is 5.10 Å². The van der Waals surface area contributed by atoms with Crippen molar-refractivity contribution in [2.45, 2.75) is 37.1 Å². The maximum atomic E-state index is 12.4. The number of rotatable bonds is 5. The van der Waals surface area contributed by atoms with Gasteiger partial charge in [-0.25, -0.2) is 13.2 Å². The monoisotopic (exact) mass is 530 g/mol. The van der Waals surface area contributed by atoms with Gasteiger partial charge in [0.2, 0.25) is 0 Å². The van der Waals surface area contributed by atoms with Gasteiger partial charge in [0.05, 0.1) is 17.5 Å². The van der Waals surface area contributed by atoms with Crippen LogP contribution in [-0.4, -0.2) is 48.2 Å². The molecule has 38 heavy (non-hydrogen) atoms. The van der Waals surface area contributed by atoms with Crippen LogP contribution in [0.25, 0.3) is 5.57 Å². The molecule has 1 unspecified atom stereocenters. The first kappa shape index (κ1) is 25.5. The third-order valence-corrected chi connectivity index (χ3v) is 7.65. The zero-order chi connectivity index (χ0) is 27.1. The number of amidine groups is 1. The second kappa shape index (κ2) is 9.60. The fourth-order valence-corrected chi connectivity index (χ4v) is 4.97. The normalized spacial score (nSPS) is 17.1. The summed E-state index contributed by atoms with van der Waals surface area (Å²) in [4.78, 5) is 19.6. The van der Waals surface area contributed by atoms with Gasteiger partial charge in [0.1, 0.15) is 5.84 Å². The topological polar surface area (TPSA) is 120 Å². The third-order valence-electron chi connectivity index (χ3n) is 6.52. The number of urea groups is 1. The molecular weight excluding hydrogens is 500 g/mol. The van der Waals surface area contributed by atoms with Gasteiger partial charge < -0.3 is 10.2 Å². The van der Waals surface area contributed by atoms with Crippen LogP contribution in [0.3, 0.4) is 0 Å². The quantitative estimate of drug-likeness (QED) is 0.423. The number of amides is 2. The van der Waals surface area contributed by atoms with Gasteiger partial charge >= 0.3 is 6.03 Å². The Balaban J connectivity index is 1.21. The SMILES string of the molecule is CC(C)(C)c1cc(NC(=O)Nc2ccc(C3CN=C4C=C(c5ccc(S(C)(=O)=O)cc5)C=CN43)cc2)n[nH]1. The van der Waals surface area contributed by atoms with E-state index in [2.05, 4.69) is 46.5 Å². The van der Waals surface area contributed by atoms with Crippen LogP contribution < -0.4 is 10.6 Å². The first-order valence-corrected chi connectivity index (χ1v) is 14.1. The zero-order valence-corrected chi connectivity index (χ0v) is 22.5. The van der Waals surface area contributed by atoms with Crippen molar-refractivity contribution in [3.63, 3.8) is 0 Å². The number of hydrogen-bond donors (Lipinski definition) is 3. The largest absolute Gasteiger partial charge is 0.324 e. The Hall–Kier alpha value is -4.18. The molecule has 1 atom stereocenters. The average molecular weight is 531 g/mol. The molecule has 3 aromatic rings. The van der Waals surface area contributed by atoms with E-state index in [1.54, 1.807) is 12.1 Å². The summed E-state index contributed by atoms with van der Waals surface area (Å²) in [6.45, 7) is 6.82. The number of anilines is 2. The van der Waals surface area contributed by atoms with Crippen LogP contribution in [0.5, 0.6) is 0 Å². The lowest BCUT2D eigenvalue weighted by Crippen LogP contribution is -2.26. The number of benzene rings is 2. The lowest BCUT2D eigenvalue weighted by molar-refractivity contribution is 0.262. The standard InChI is InChI=1S/C28H30N6O3S/c1-28(2,3)24-16-25(33-32-24)31-27(35)30-21-9-5-19(6-10-21)23-17-29-26-15-20(13-14-34(23)26)18-7-11-22(12-8-18)38(4,36)37/h5-16,23H,17H2,1-4H3,(H3,30,31,32,33,35). The van der Waals surface area contributed by atoms with Crippen LogP contribution in [0.2, 0.25) is 0 Å². The summed E-state index contributed by atoms with van der Waals surface area (Å²) in [5.41, 5.74) is 4.50. The molecule has 0 saturated heterocycles. The molecule has 3 N–H and O–H groups in total. The number of fused-ring (bicyclic) bond motifs is 1. The van der Waals surface area contributed by atoms with Crippen molar-refractivity contribution in [3.05, 3.63) is 89.8 Å². The minimum absolute atomic E-state index is 0.0504. The number of hydrogen-bond acceptors (Lipinski definition) is 6. The number of aliphatic imine (C=N–C) groups is 1. The first-order valence-electron chi connectivity index (χ1n) is 12.2. The zero-order valence-electron chi connectivity index (χ0n) is 21.7. The molecule has 196 valence electrons. The van der Waals surface area contributed by atoms with Gasteiger partial charge in [-0.3, -0.25) is 15.4 Å². The second-order valence-electron chi connectivity index (χ2n) is 10.5. The average Bonchev–Trinajstić information content (AvgIpc) is 3.51. The van der Waals surface area contributed by atoms with Crippen LogP contribution >= 0.6 is 0 Å². The number of aromatic amines is 1. The summed E-state index contributed by atoms with van der Waals surface area (Å²) in [7, 11) is -3.23. The minimum atomic E-state index is -3.23. The van der Waals surface area contributed by atoms with Crippen molar-refractivity contribution in [1.29, 1.82) is 0 Å². The van der Waals surface area contributed by atoms with E-state index in [-0.39, 0.29) is 17.5 Å². The molecule has 9 nitrogen and oxygen atoms in total. The van der Waals surface area contributed by atoms with Gasteiger partial charge in [-0.15, -0.1) is 0 Å². The number of aromatic nitrogens is 2. The number of nitrogens with zero attached hydrogens (tertiary/aromatic N) is 3. The Morgan fingerprint density at radius 3 is 2.39 bits per heavy atom. The fourth-order valence-electron chi connectivity index (χ4n) is 4.33. The van der Waals surface area contributed by atoms with E-state index >= 15 is 0 Å². The third kappa shape index (κ3) is 5.40. The molecule has 0 aliphatic carbocycles. The highest BCUT2D eigenvalue weighted by atomic mass is 32.2. The predicted octanol–water partition coefficient (Wildman–Crippen LogP) is 5.12. The van der Waals surface area contributed by atoms with Gasteiger partial charge in [0.25, 0.3) is 0 Å². The summed E-state index contributed by atoms with van der Waals surface area (Å²) in [5, 5.41) is 12.7. The molecule has 3 heterocycles. The molecule has 0 saturated carbocycles. The smallest absolute Gasteiger partial charge is 0.324 e. The molecular formula is C28H30N6O3S. The van der Waals surface area contributed by atoms with Crippen molar-refractivity contribution in [1.82, 2.24) is 15.1 Å². The molecule has 0 bridgehead atoms. The van der Waals surface area contributed by atoms with Crippen LogP contribution in [0.1, 0.15) is 43.6 Å². The molecule has 2 amide bonds. The van der Waals surface area contributed by atoms with Crippen LogP contribution in [0, 0.1) is 0 Å². The van der Waals surface area contributed by atoms with E-state index in [9.17, 15) is 13.2 Å². The van der Waals surface area contributed by atoms with Gasteiger partial charge in [0, 0.05) is 35.3 Å². The van der Waals surface area contributed by atoms with Gasteiger partial charge in [0.15, 0.2) is 15.7 Å². The van der Waals surface area contributed by atoms with E-state index in [0.717, 1.165) is 28.2 Å². The van der Waals surface area contributed by atoms with Crippen molar-refractivity contribution in [3.8, 4) is 0 Å². The highest BCUT2D eigenvalue weighted by Gasteiger charge is 2.28. The maximum Gasteiger partial charge on any atom is 0.324 e. The Morgan fingerprint density at radius 2 is 1.76 bits per heavy atom. The second-order valence-corrected chi connectivity index (χ2v) is 12.5. The summed E-state index contributed by atoms with van der Waals surface area (Å²) in [6, 6.07) is 16.1. The summed E-state index contributed by atoms with van der Waals surface area (Å²) in [5.74, 6) is 1.32. The van der Waals surface area contributed by atoms with Crippen LogP contribution in [0.4, 0.5) is 16.3 Å². The Bertz CT molecular complexity index is 1560. The van der Waals surface area contributed by atoms with E-state index < -0.39 is 9.84 Å². The molecule has 0 spiro atoms. The lowest BCUT2D eigenvalue weighted by atomic mass is 9.92. The Morgan fingerprint density at radius 1 is 1.05 bits per heavy atom. The number of carbonyl (C=O) groups is 1. The van der Waals surface area contributed by atoms with Crippen molar-refractivity contribution >= 4 is 38.8 Å². The summed E-state index contributed by atoms with van der Waals surface area (Å²) < 4.78 is 23.5. The van der Waals surface area contributed by atoms with Gasteiger partial charge in [-0.05, 0) is 53.1 Å². The Labute approximate surface area is 222 Å². The van der Waals surface area contributed by atoms with E-state index in [1.807, 2.05) is 60.8 Å². The minimum Gasteiger partial charge on any atom is -0.324 e. The van der Waals surface area contributed by atoms with Crippen molar-refractivity contribution < 1.29 is 13.2 Å². The van der Waals surface area contributed by atoms with Crippen molar-refractivity contribution in [2.75, 3.05) is 23.4 Å². The number of carbonyl (C=O) groups excluding carboxylic acids is 1. The van der Waals surface area contributed by atoms with Crippen LogP contribution in [0.15, 0.2) is 82.8 Å². The summed E-state index contributed by atoms with van der Waals surface area (Å²) in [6.07, 6.45) is 7.22. The van der Waals surface area contributed by atoms with E-state index in [4.69, 9.17) is 4.99 Å². The molecule has 0 radical (unpaired) electrons. The number of H-pyrrole nitrogens is 1. The molecule has 0 fully saturated rings. The molecule has 2 aliphatic heterocycles. The van der Waals surface area contributed by atoms with E-state index in [1.165, 1.54) is 6.26 Å². The van der Waals surface area contributed by atoms with Gasteiger partial charge in [-0.1, -0.05) is 45.0 Å². The molecule has 5 rings (SSSR count). The molecule has 1 aromatic heterocycles. The lowest BCUT2D eigenvalue weighted by Gasteiger charge is -2.26. The van der Waals surface area contributed by atoms with E-state index in [0.29, 0.717) is 22.9 Å². The molecule has 10 heteroatoms. The maximum absolute atomic E-state index is 12.4. The highest BCUT2D eigenvalue weighted by Crippen LogP contribution is 2.33. The molecule has 2 aromatic carbocycles. The number of sulfone groups is 1. The Kier molecular flexibility index (Phi) is 6.44. The first-order chi connectivity index (χ1) is 18.0. The number of nitrogens with one attached hydrogen (secondary N) is 3. The van der Waals surface area contributed by atoms with Crippen LogP contribution in [-0.2, 0) is 15.3 Å². The highest BCUT2D eigenvalue weighted by molar-refractivity contribution is 7.90.